The fraction of sp³-hybridized carbons (Fsp3) is 0.263. The number of hydrogen-bond acceptors (Lipinski definition) is 4. The molecule has 2 aromatic rings. The zero-order valence-electron chi connectivity index (χ0n) is 14.4. The van der Waals surface area contributed by atoms with Crippen molar-refractivity contribution in [1.82, 2.24) is 5.32 Å². The van der Waals surface area contributed by atoms with Crippen LogP contribution in [0.4, 0.5) is 13.2 Å². The van der Waals surface area contributed by atoms with Crippen molar-refractivity contribution in [3.05, 3.63) is 71.3 Å². The average molecular weight is 381 g/mol. The number of rotatable bonds is 6. The number of carbonyl (C=O) groups excluding carboxylic acids is 2. The molecular formula is C19H18F3NO4. The van der Waals surface area contributed by atoms with E-state index in [2.05, 4.69) is 10.1 Å². The van der Waals surface area contributed by atoms with Crippen molar-refractivity contribution in [2.75, 3.05) is 7.11 Å². The second-order valence-electron chi connectivity index (χ2n) is 5.76. The van der Waals surface area contributed by atoms with Crippen molar-refractivity contribution in [2.24, 2.45) is 0 Å². The van der Waals surface area contributed by atoms with E-state index in [1.807, 2.05) is 0 Å². The fourth-order valence-corrected chi connectivity index (χ4v) is 2.57. The molecule has 144 valence electrons. The van der Waals surface area contributed by atoms with Crippen molar-refractivity contribution < 1.29 is 32.6 Å². The van der Waals surface area contributed by atoms with E-state index in [4.69, 9.17) is 0 Å². The number of alkyl halides is 3. The van der Waals surface area contributed by atoms with Gasteiger partial charge in [-0.3, -0.25) is 4.79 Å². The van der Waals surface area contributed by atoms with E-state index < -0.39 is 42.2 Å². The monoisotopic (exact) mass is 381 g/mol. The first-order chi connectivity index (χ1) is 12.7. The largest absolute Gasteiger partial charge is 0.467 e. The lowest BCUT2D eigenvalue weighted by Gasteiger charge is -2.21. The Morgan fingerprint density at radius 1 is 1.07 bits per heavy atom. The number of ether oxygens (including phenoxy) is 1. The lowest BCUT2D eigenvalue weighted by Crippen LogP contribution is -2.45. The summed E-state index contributed by atoms with van der Waals surface area (Å²) in [6, 6.07) is 11.3. The van der Waals surface area contributed by atoms with Gasteiger partial charge in [0, 0.05) is 6.42 Å². The number of carbonyl (C=O) groups is 2. The van der Waals surface area contributed by atoms with Crippen LogP contribution in [0.5, 0.6) is 0 Å². The molecule has 0 heterocycles. The maximum absolute atomic E-state index is 13.2. The van der Waals surface area contributed by atoms with E-state index >= 15 is 0 Å². The molecule has 0 radical (unpaired) electrons. The van der Waals surface area contributed by atoms with Crippen LogP contribution in [0, 0.1) is 0 Å². The van der Waals surface area contributed by atoms with Gasteiger partial charge in [-0.2, -0.15) is 13.2 Å². The van der Waals surface area contributed by atoms with Gasteiger partial charge in [0.1, 0.15) is 6.04 Å². The van der Waals surface area contributed by atoms with Crippen molar-refractivity contribution in [1.29, 1.82) is 0 Å². The second-order valence-corrected chi connectivity index (χ2v) is 5.76. The summed E-state index contributed by atoms with van der Waals surface area (Å²) in [5.41, 5.74) is -0.791. The summed E-state index contributed by atoms with van der Waals surface area (Å²) in [5.74, 6) is -1.83. The lowest BCUT2D eigenvalue weighted by atomic mass is 9.99. The van der Waals surface area contributed by atoms with E-state index in [1.54, 1.807) is 18.2 Å². The molecule has 2 aromatic carbocycles. The summed E-state index contributed by atoms with van der Waals surface area (Å²) in [6.07, 6.45) is -6.61. The van der Waals surface area contributed by atoms with Gasteiger partial charge in [0.2, 0.25) is 0 Å². The van der Waals surface area contributed by atoms with Crippen molar-refractivity contribution in [3.8, 4) is 0 Å². The molecule has 2 rings (SSSR count). The van der Waals surface area contributed by atoms with E-state index in [1.165, 1.54) is 30.3 Å². The summed E-state index contributed by atoms with van der Waals surface area (Å²) in [5, 5.41) is 12.4. The molecule has 0 bridgehead atoms. The Labute approximate surface area is 153 Å². The molecule has 2 atom stereocenters. The Bertz CT molecular complexity index is 793. The van der Waals surface area contributed by atoms with Gasteiger partial charge < -0.3 is 15.2 Å². The fourth-order valence-electron chi connectivity index (χ4n) is 2.57. The topological polar surface area (TPSA) is 75.6 Å². The first-order valence-corrected chi connectivity index (χ1v) is 8.00. The highest BCUT2D eigenvalue weighted by Crippen LogP contribution is 2.32. The third kappa shape index (κ3) is 5.30. The summed E-state index contributed by atoms with van der Waals surface area (Å²) in [7, 11) is 1.06. The maximum atomic E-state index is 13.2. The van der Waals surface area contributed by atoms with Gasteiger partial charge in [-0.1, -0.05) is 48.5 Å². The molecule has 0 saturated heterocycles. The second kappa shape index (κ2) is 8.68. The van der Waals surface area contributed by atoms with Crippen LogP contribution in [-0.4, -0.2) is 30.1 Å². The molecule has 2 N–H and O–H groups in total. The van der Waals surface area contributed by atoms with Crippen LogP contribution in [-0.2, 0) is 26.9 Å². The number of esters is 1. The number of amides is 1. The van der Waals surface area contributed by atoms with Gasteiger partial charge in [0.15, 0.2) is 6.10 Å². The van der Waals surface area contributed by atoms with Crippen LogP contribution >= 0.6 is 0 Å². The van der Waals surface area contributed by atoms with Gasteiger partial charge in [-0.05, 0) is 17.2 Å². The minimum absolute atomic E-state index is 0.171. The molecule has 0 saturated carbocycles. The van der Waals surface area contributed by atoms with E-state index in [0.29, 0.717) is 0 Å². The summed E-state index contributed by atoms with van der Waals surface area (Å²) in [6.45, 7) is 0. The highest BCUT2D eigenvalue weighted by atomic mass is 19.4. The minimum Gasteiger partial charge on any atom is -0.467 e. The van der Waals surface area contributed by atoms with Crippen LogP contribution in [0.15, 0.2) is 54.6 Å². The SMILES string of the molecule is COC(=O)[C@@H](Cc1ccccc1C(F)(F)F)NC(=O)[C@@H](O)c1ccccc1. The lowest BCUT2D eigenvalue weighted by molar-refractivity contribution is -0.147. The standard InChI is InChI=1S/C19H18F3NO4/c1-27-18(26)15(11-13-9-5-6-10-14(13)19(20,21)22)23-17(25)16(24)12-7-3-2-4-8-12/h2-10,15-16,24H,11H2,1H3,(H,23,25)/t15-,16+/m1/s1. The number of methoxy groups -OCH3 is 1. The first kappa shape index (κ1) is 20.4. The number of nitrogens with one attached hydrogen (secondary N) is 1. The zero-order chi connectivity index (χ0) is 20.0. The third-order valence-corrected chi connectivity index (χ3v) is 3.91. The predicted octanol–water partition coefficient (Wildman–Crippen LogP) is 2.64. The Balaban J connectivity index is 2.22. The van der Waals surface area contributed by atoms with Gasteiger partial charge in [0.25, 0.3) is 5.91 Å². The molecule has 0 aromatic heterocycles. The highest BCUT2D eigenvalue weighted by molar-refractivity contribution is 5.87. The maximum Gasteiger partial charge on any atom is 0.416 e. The molecule has 0 spiro atoms. The summed E-state index contributed by atoms with van der Waals surface area (Å²) < 4.78 is 44.0. The molecule has 27 heavy (non-hydrogen) atoms. The predicted molar refractivity (Wildman–Crippen MR) is 90.5 cm³/mol. The average Bonchev–Trinajstić information content (AvgIpc) is 2.66. The van der Waals surface area contributed by atoms with Crippen LogP contribution in [0.2, 0.25) is 0 Å². The molecule has 0 unspecified atom stereocenters. The molecule has 0 fully saturated rings. The number of benzene rings is 2. The Morgan fingerprint density at radius 3 is 2.26 bits per heavy atom. The van der Waals surface area contributed by atoms with Crippen molar-refractivity contribution in [3.63, 3.8) is 0 Å². The molecule has 0 aliphatic rings. The molecule has 0 aliphatic carbocycles. The van der Waals surface area contributed by atoms with Crippen LogP contribution in [0.1, 0.15) is 22.8 Å². The van der Waals surface area contributed by atoms with E-state index in [-0.39, 0.29) is 11.1 Å². The first-order valence-electron chi connectivity index (χ1n) is 8.00. The number of hydrogen-bond donors (Lipinski definition) is 2. The Kier molecular flexibility index (Phi) is 6.57. The van der Waals surface area contributed by atoms with E-state index in [0.717, 1.165) is 13.2 Å². The molecular weight excluding hydrogens is 363 g/mol. The van der Waals surface area contributed by atoms with Gasteiger partial charge >= 0.3 is 12.1 Å². The van der Waals surface area contributed by atoms with Crippen molar-refractivity contribution in [2.45, 2.75) is 24.7 Å². The Hall–Kier alpha value is -2.87. The number of halogens is 3. The normalized spacial score (nSPS) is 13.5. The third-order valence-electron chi connectivity index (χ3n) is 3.91. The van der Waals surface area contributed by atoms with Gasteiger partial charge in [-0.25, -0.2) is 4.79 Å². The smallest absolute Gasteiger partial charge is 0.416 e. The summed E-state index contributed by atoms with van der Waals surface area (Å²) >= 11 is 0. The molecule has 1 amide bonds. The van der Waals surface area contributed by atoms with Crippen LogP contribution < -0.4 is 5.32 Å². The molecule has 5 nitrogen and oxygen atoms in total. The number of aliphatic hydroxyl groups excluding tert-OH is 1. The van der Waals surface area contributed by atoms with Gasteiger partial charge in [-0.15, -0.1) is 0 Å². The van der Waals surface area contributed by atoms with Gasteiger partial charge in [0.05, 0.1) is 12.7 Å². The zero-order valence-corrected chi connectivity index (χ0v) is 14.4. The van der Waals surface area contributed by atoms with Crippen LogP contribution in [0.25, 0.3) is 0 Å². The molecule has 0 aliphatic heterocycles. The number of aliphatic hydroxyl groups is 1. The minimum atomic E-state index is -4.61. The van der Waals surface area contributed by atoms with E-state index in [9.17, 15) is 27.9 Å². The summed E-state index contributed by atoms with van der Waals surface area (Å²) in [4.78, 5) is 24.2. The Morgan fingerprint density at radius 2 is 1.67 bits per heavy atom. The van der Waals surface area contributed by atoms with Crippen molar-refractivity contribution >= 4 is 11.9 Å². The molecule has 8 heteroatoms. The van der Waals surface area contributed by atoms with Crippen LogP contribution in [0.3, 0.4) is 0 Å². The quantitative estimate of drug-likeness (QED) is 0.755. The highest BCUT2D eigenvalue weighted by Gasteiger charge is 2.35.